The minimum atomic E-state index is 0.0464. The summed E-state index contributed by atoms with van der Waals surface area (Å²) in [5, 5.41) is 0. The van der Waals surface area contributed by atoms with Gasteiger partial charge in [-0.25, -0.2) is 0 Å². The first kappa shape index (κ1) is 22.3. The lowest BCUT2D eigenvalue weighted by molar-refractivity contribution is -0.141. The summed E-state index contributed by atoms with van der Waals surface area (Å²) in [5.41, 5.74) is 1.11. The lowest BCUT2D eigenvalue weighted by Gasteiger charge is -2.29. The van der Waals surface area contributed by atoms with E-state index in [1.807, 2.05) is 34.8 Å². The van der Waals surface area contributed by atoms with Crippen LogP contribution in [0.15, 0.2) is 18.3 Å². The molecular weight excluding hydrogens is 326 g/mol. The Morgan fingerprint density at radius 3 is 2.31 bits per heavy atom. The molecule has 1 aromatic heterocycles. The minimum Gasteiger partial charge on any atom is -0.353 e. The van der Waals surface area contributed by atoms with Gasteiger partial charge in [-0.05, 0) is 30.9 Å². The molecule has 0 radical (unpaired) electrons. The maximum atomic E-state index is 13.0. The first-order chi connectivity index (χ1) is 12.4. The Kier molecular flexibility index (Phi) is 10.1. The van der Waals surface area contributed by atoms with Crippen LogP contribution in [0.25, 0.3) is 0 Å². The van der Waals surface area contributed by atoms with Gasteiger partial charge in [0.25, 0.3) is 0 Å². The van der Waals surface area contributed by atoms with E-state index in [0.717, 1.165) is 37.9 Å². The van der Waals surface area contributed by atoms with E-state index in [2.05, 4.69) is 27.7 Å². The van der Waals surface area contributed by atoms with Gasteiger partial charge in [-0.1, -0.05) is 40.5 Å². The van der Waals surface area contributed by atoms with Gasteiger partial charge in [0.05, 0.1) is 13.1 Å². The largest absolute Gasteiger partial charge is 0.353 e. The van der Waals surface area contributed by atoms with Crippen molar-refractivity contribution in [3.05, 3.63) is 24.0 Å². The molecule has 0 aliphatic carbocycles. The molecule has 0 fully saturated rings. The van der Waals surface area contributed by atoms with Crippen LogP contribution < -0.4 is 0 Å². The van der Waals surface area contributed by atoms with Crippen LogP contribution >= 0.6 is 0 Å². The predicted octanol–water partition coefficient (Wildman–Crippen LogP) is 3.83. The summed E-state index contributed by atoms with van der Waals surface area (Å²) in [6.45, 7) is 10.5. The van der Waals surface area contributed by atoms with E-state index >= 15 is 0 Å². The Balaban J connectivity index is 2.81. The van der Waals surface area contributed by atoms with E-state index in [1.54, 1.807) is 4.90 Å². The Labute approximate surface area is 159 Å². The summed E-state index contributed by atoms with van der Waals surface area (Å²) in [7, 11) is 2.00. The van der Waals surface area contributed by atoms with Crippen LogP contribution in [0.2, 0.25) is 0 Å². The molecule has 0 N–H and O–H groups in total. The topological polar surface area (TPSA) is 45.6 Å². The number of carbonyl (C=O) groups is 2. The summed E-state index contributed by atoms with van der Waals surface area (Å²) >= 11 is 0. The quantitative estimate of drug-likeness (QED) is 0.566. The number of carbonyl (C=O) groups excluding carboxylic acids is 2. The first-order valence-electron chi connectivity index (χ1n) is 10.0. The summed E-state index contributed by atoms with van der Waals surface area (Å²) < 4.78 is 2.05. The molecule has 0 saturated carbocycles. The number of nitrogens with zero attached hydrogens (tertiary/aromatic N) is 3. The van der Waals surface area contributed by atoms with E-state index in [4.69, 9.17) is 0 Å². The van der Waals surface area contributed by atoms with Crippen LogP contribution in [-0.4, -0.2) is 45.8 Å². The molecule has 2 amide bonds. The number of aryl methyl sites for hydroxylation is 1. The van der Waals surface area contributed by atoms with Crippen LogP contribution in [0.4, 0.5) is 0 Å². The van der Waals surface area contributed by atoms with E-state index in [0.29, 0.717) is 25.4 Å². The molecule has 0 spiro atoms. The Morgan fingerprint density at radius 1 is 1.08 bits per heavy atom. The Hall–Kier alpha value is -1.78. The third kappa shape index (κ3) is 7.63. The highest BCUT2D eigenvalue weighted by molar-refractivity contribution is 5.84. The summed E-state index contributed by atoms with van der Waals surface area (Å²) in [6, 6.07) is 4.04. The predicted molar refractivity (Wildman–Crippen MR) is 107 cm³/mol. The summed E-state index contributed by atoms with van der Waals surface area (Å²) in [5.74, 6) is 0.499. The van der Waals surface area contributed by atoms with Crippen LogP contribution in [0.5, 0.6) is 0 Å². The zero-order valence-corrected chi connectivity index (χ0v) is 17.3. The standard InChI is InChI=1S/C21H37N3O2/c1-6-8-12-20(25)24(15-18(3)4)17-21(26)23(14-9-7-2)16-19-11-10-13-22(19)5/h10-11,13,18H,6-9,12,14-17H2,1-5H3. The van der Waals surface area contributed by atoms with Crippen LogP contribution in [0.3, 0.4) is 0 Å². The van der Waals surface area contributed by atoms with E-state index in [1.165, 1.54) is 0 Å². The third-order valence-electron chi connectivity index (χ3n) is 4.55. The average molecular weight is 364 g/mol. The minimum absolute atomic E-state index is 0.0464. The monoisotopic (exact) mass is 363 g/mol. The molecule has 148 valence electrons. The van der Waals surface area contributed by atoms with Gasteiger partial charge in [0, 0.05) is 38.4 Å². The van der Waals surface area contributed by atoms with Gasteiger partial charge in [0.1, 0.15) is 0 Å². The molecule has 26 heavy (non-hydrogen) atoms. The SMILES string of the molecule is CCCCC(=O)N(CC(=O)N(CCCC)Cc1cccn1C)CC(C)C. The van der Waals surface area contributed by atoms with Crippen molar-refractivity contribution in [3.8, 4) is 0 Å². The molecule has 5 nitrogen and oxygen atoms in total. The van der Waals surface area contributed by atoms with Crippen molar-refractivity contribution in [2.24, 2.45) is 13.0 Å². The van der Waals surface area contributed by atoms with Crippen molar-refractivity contribution in [3.63, 3.8) is 0 Å². The fraction of sp³-hybridized carbons (Fsp3) is 0.714. The first-order valence-corrected chi connectivity index (χ1v) is 10.0. The van der Waals surface area contributed by atoms with Gasteiger partial charge < -0.3 is 14.4 Å². The van der Waals surface area contributed by atoms with Gasteiger partial charge in [-0.15, -0.1) is 0 Å². The number of aromatic nitrogens is 1. The number of rotatable bonds is 12. The number of hydrogen-bond acceptors (Lipinski definition) is 2. The number of hydrogen-bond donors (Lipinski definition) is 0. The molecule has 1 rings (SSSR count). The van der Waals surface area contributed by atoms with Crippen molar-refractivity contribution in [1.29, 1.82) is 0 Å². The molecule has 5 heteroatoms. The second kappa shape index (κ2) is 11.8. The molecule has 0 saturated heterocycles. The van der Waals surface area contributed by atoms with Gasteiger partial charge in [0.2, 0.25) is 11.8 Å². The number of amides is 2. The normalized spacial score (nSPS) is 11.0. The number of unbranched alkanes of at least 4 members (excludes halogenated alkanes) is 2. The van der Waals surface area contributed by atoms with Crippen molar-refractivity contribution < 1.29 is 9.59 Å². The van der Waals surface area contributed by atoms with Gasteiger partial charge >= 0.3 is 0 Å². The molecule has 0 bridgehead atoms. The van der Waals surface area contributed by atoms with Crippen LogP contribution in [0, 0.1) is 5.92 Å². The second-order valence-corrected chi connectivity index (χ2v) is 7.55. The average Bonchev–Trinajstić information content (AvgIpc) is 3.00. The molecular formula is C21H37N3O2. The molecule has 1 aromatic rings. The molecule has 0 unspecified atom stereocenters. The van der Waals surface area contributed by atoms with E-state index in [9.17, 15) is 9.59 Å². The second-order valence-electron chi connectivity index (χ2n) is 7.55. The van der Waals surface area contributed by atoms with E-state index in [-0.39, 0.29) is 18.4 Å². The highest BCUT2D eigenvalue weighted by Crippen LogP contribution is 2.10. The lowest BCUT2D eigenvalue weighted by Crippen LogP contribution is -2.44. The molecule has 0 aromatic carbocycles. The van der Waals surface area contributed by atoms with E-state index < -0.39 is 0 Å². The fourth-order valence-electron chi connectivity index (χ4n) is 2.94. The molecule has 1 heterocycles. The summed E-state index contributed by atoms with van der Waals surface area (Å²) in [4.78, 5) is 29.2. The summed E-state index contributed by atoms with van der Waals surface area (Å²) in [6.07, 6.45) is 6.42. The third-order valence-corrected chi connectivity index (χ3v) is 4.55. The Morgan fingerprint density at radius 2 is 1.77 bits per heavy atom. The van der Waals surface area contributed by atoms with Gasteiger partial charge in [-0.3, -0.25) is 9.59 Å². The fourth-order valence-corrected chi connectivity index (χ4v) is 2.94. The van der Waals surface area contributed by atoms with Crippen molar-refractivity contribution in [1.82, 2.24) is 14.4 Å². The Bertz CT molecular complexity index is 551. The highest BCUT2D eigenvalue weighted by atomic mass is 16.2. The maximum Gasteiger partial charge on any atom is 0.242 e. The molecule has 0 aliphatic rings. The molecule has 0 aliphatic heterocycles. The zero-order chi connectivity index (χ0) is 19.5. The van der Waals surface area contributed by atoms with Gasteiger partial charge in [0.15, 0.2) is 0 Å². The van der Waals surface area contributed by atoms with Crippen LogP contribution in [-0.2, 0) is 23.2 Å². The van der Waals surface area contributed by atoms with Crippen molar-refractivity contribution in [2.45, 2.75) is 66.3 Å². The zero-order valence-electron chi connectivity index (χ0n) is 17.3. The maximum absolute atomic E-state index is 13.0. The highest BCUT2D eigenvalue weighted by Gasteiger charge is 2.22. The smallest absolute Gasteiger partial charge is 0.242 e. The van der Waals surface area contributed by atoms with Crippen molar-refractivity contribution >= 4 is 11.8 Å². The van der Waals surface area contributed by atoms with Crippen LogP contribution in [0.1, 0.15) is 65.5 Å². The van der Waals surface area contributed by atoms with Gasteiger partial charge in [-0.2, -0.15) is 0 Å². The van der Waals surface area contributed by atoms with Crippen molar-refractivity contribution in [2.75, 3.05) is 19.6 Å². The lowest BCUT2D eigenvalue weighted by atomic mass is 10.1. The molecule has 0 atom stereocenters.